The number of rotatable bonds is 10. The number of likely N-dealkylation sites (tertiary alicyclic amines) is 1. The summed E-state index contributed by atoms with van der Waals surface area (Å²) in [6.45, 7) is 2.40. The number of hydrogen-bond acceptors (Lipinski definition) is 5. The Morgan fingerprint density at radius 2 is 1.66 bits per heavy atom. The summed E-state index contributed by atoms with van der Waals surface area (Å²) in [5.74, 6) is 1.40. The standard InChI is InChI=1S/C25H33N3O4/c1-31-22-10-8-20(16-23(22)32-2)17-26-25(30)18-28-14-12-21(13-15-28)27-24(29)11-9-19-6-4-3-5-7-19/h3-8,10,16,21H,9,11-15,17-18H2,1-2H3,(H,26,30)(H,27,29). The molecule has 1 aliphatic rings. The maximum atomic E-state index is 12.4. The highest BCUT2D eigenvalue weighted by atomic mass is 16.5. The molecule has 1 aliphatic heterocycles. The molecule has 32 heavy (non-hydrogen) atoms. The van der Waals surface area contributed by atoms with Crippen LogP contribution in [0.1, 0.15) is 30.4 Å². The van der Waals surface area contributed by atoms with Crippen molar-refractivity contribution in [1.82, 2.24) is 15.5 Å². The van der Waals surface area contributed by atoms with Crippen molar-refractivity contribution in [2.45, 2.75) is 38.3 Å². The molecule has 7 nitrogen and oxygen atoms in total. The SMILES string of the molecule is COc1ccc(CNC(=O)CN2CCC(NC(=O)CCc3ccccc3)CC2)cc1OC. The summed E-state index contributed by atoms with van der Waals surface area (Å²) in [7, 11) is 3.19. The molecule has 7 heteroatoms. The molecule has 2 aromatic rings. The highest BCUT2D eigenvalue weighted by molar-refractivity contribution is 5.78. The normalized spacial score (nSPS) is 14.6. The van der Waals surface area contributed by atoms with Crippen molar-refractivity contribution in [3.63, 3.8) is 0 Å². The topological polar surface area (TPSA) is 79.9 Å². The summed E-state index contributed by atoms with van der Waals surface area (Å²) >= 11 is 0. The van der Waals surface area contributed by atoms with E-state index in [4.69, 9.17) is 9.47 Å². The van der Waals surface area contributed by atoms with E-state index in [1.807, 2.05) is 48.5 Å². The summed E-state index contributed by atoms with van der Waals surface area (Å²) < 4.78 is 10.5. The second-order valence-corrected chi connectivity index (χ2v) is 8.07. The van der Waals surface area contributed by atoms with Gasteiger partial charge in [-0.15, -0.1) is 0 Å². The second kappa shape index (κ2) is 12.1. The smallest absolute Gasteiger partial charge is 0.234 e. The first-order chi connectivity index (χ1) is 15.6. The Bertz CT molecular complexity index is 880. The first-order valence-electron chi connectivity index (χ1n) is 11.1. The molecule has 0 aromatic heterocycles. The number of amides is 2. The number of hydrogen-bond donors (Lipinski definition) is 2. The summed E-state index contributed by atoms with van der Waals surface area (Å²) in [4.78, 5) is 26.7. The van der Waals surface area contributed by atoms with Crippen molar-refractivity contribution in [3.8, 4) is 11.5 Å². The van der Waals surface area contributed by atoms with Gasteiger partial charge in [-0.1, -0.05) is 36.4 Å². The molecular formula is C25H33N3O4. The minimum atomic E-state index is -0.00914. The van der Waals surface area contributed by atoms with Crippen LogP contribution in [-0.4, -0.2) is 56.6 Å². The lowest BCUT2D eigenvalue weighted by Gasteiger charge is -2.31. The zero-order valence-corrected chi connectivity index (χ0v) is 18.9. The molecule has 3 rings (SSSR count). The summed E-state index contributed by atoms with van der Waals surface area (Å²) in [5.41, 5.74) is 2.13. The highest BCUT2D eigenvalue weighted by Gasteiger charge is 2.22. The van der Waals surface area contributed by atoms with Gasteiger partial charge < -0.3 is 20.1 Å². The molecule has 1 heterocycles. The van der Waals surface area contributed by atoms with Crippen LogP contribution in [-0.2, 0) is 22.6 Å². The molecule has 2 N–H and O–H groups in total. The number of carbonyl (C=O) groups is 2. The number of aryl methyl sites for hydroxylation is 1. The Hall–Kier alpha value is -3.06. The predicted octanol–water partition coefficient (Wildman–Crippen LogP) is 2.53. The maximum absolute atomic E-state index is 12.4. The molecule has 172 valence electrons. The van der Waals surface area contributed by atoms with Crippen LogP contribution in [0.4, 0.5) is 0 Å². The molecule has 2 amide bonds. The van der Waals surface area contributed by atoms with Gasteiger partial charge in [0.25, 0.3) is 0 Å². The Balaban J connectivity index is 1.33. The summed E-state index contributed by atoms with van der Waals surface area (Å²) in [6.07, 6.45) is 2.98. The van der Waals surface area contributed by atoms with Crippen molar-refractivity contribution < 1.29 is 19.1 Å². The van der Waals surface area contributed by atoms with Gasteiger partial charge in [-0.25, -0.2) is 0 Å². The molecule has 0 bridgehead atoms. The van der Waals surface area contributed by atoms with Crippen LogP contribution >= 0.6 is 0 Å². The van der Waals surface area contributed by atoms with Gasteiger partial charge in [-0.3, -0.25) is 14.5 Å². The Kier molecular flexibility index (Phi) is 8.92. The second-order valence-electron chi connectivity index (χ2n) is 8.07. The molecule has 0 radical (unpaired) electrons. The maximum Gasteiger partial charge on any atom is 0.234 e. The number of nitrogens with zero attached hydrogens (tertiary/aromatic N) is 1. The molecule has 0 saturated carbocycles. The lowest BCUT2D eigenvalue weighted by molar-refractivity contribution is -0.124. The van der Waals surface area contributed by atoms with E-state index in [0.29, 0.717) is 31.0 Å². The van der Waals surface area contributed by atoms with Gasteiger partial charge >= 0.3 is 0 Å². The number of carbonyl (C=O) groups excluding carboxylic acids is 2. The average molecular weight is 440 g/mol. The summed E-state index contributed by atoms with van der Waals surface area (Å²) in [5, 5.41) is 6.11. The van der Waals surface area contributed by atoms with Crippen molar-refractivity contribution in [2.75, 3.05) is 33.9 Å². The fraction of sp³-hybridized carbons (Fsp3) is 0.440. The molecular weight excluding hydrogens is 406 g/mol. The van der Waals surface area contributed by atoms with Crippen molar-refractivity contribution in [2.24, 2.45) is 0 Å². The fourth-order valence-corrected chi connectivity index (χ4v) is 3.89. The number of piperidine rings is 1. The van der Waals surface area contributed by atoms with E-state index in [-0.39, 0.29) is 17.9 Å². The zero-order valence-electron chi connectivity index (χ0n) is 18.9. The minimum absolute atomic E-state index is 0.00914. The molecule has 0 atom stereocenters. The van der Waals surface area contributed by atoms with Gasteiger partial charge in [0, 0.05) is 32.1 Å². The predicted molar refractivity (Wildman–Crippen MR) is 124 cm³/mol. The van der Waals surface area contributed by atoms with Gasteiger partial charge in [0.15, 0.2) is 11.5 Å². The first-order valence-corrected chi connectivity index (χ1v) is 11.1. The first kappa shape index (κ1) is 23.6. The highest BCUT2D eigenvalue weighted by Crippen LogP contribution is 2.27. The number of nitrogens with one attached hydrogen (secondary N) is 2. The lowest BCUT2D eigenvalue weighted by Crippen LogP contribution is -2.47. The van der Waals surface area contributed by atoms with E-state index >= 15 is 0 Å². The number of ether oxygens (including phenoxy) is 2. The third kappa shape index (κ3) is 7.27. The van der Waals surface area contributed by atoms with Crippen LogP contribution in [0.5, 0.6) is 11.5 Å². The van der Waals surface area contributed by atoms with E-state index < -0.39 is 0 Å². The van der Waals surface area contributed by atoms with Gasteiger partial charge in [-0.2, -0.15) is 0 Å². The van der Waals surface area contributed by atoms with Gasteiger partial charge in [-0.05, 0) is 42.5 Å². The van der Waals surface area contributed by atoms with Crippen LogP contribution in [0.25, 0.3) is 0 Å². The van der Waals surface area contributed by atoms with E-state index in [0.717, 1.165) is 37.9 Å². The van der Waals surface area contributed by atoms with Gasteiger partial charge in [0.1, 0.15) is 0 Å². The van der Waals surface area contributed by atoms with Gasteiger partial charge in [0.2, 0.25) is 11.8 Å². The lowest BCUT2D eigenvalue weighted by atomic mass is 10.0. The van der Waals surface area contributed by atoms with Crippen molar-refractivity contribution in [1.29, 1.82) is 0 Å². The summed E-state index contributed by atoms with van der Waals surface area (Å²) in [6, 6.07) is 15.8. The van der Waals surface area contributed by atoms with Crippen molar-refractivity contribution in [3.05, 3.63) is 59.7 Å². The van der Waals surface area contributed by atoms with Crippen LogP contribution in [0, 0.1) is 0 Å². The Morgan fingerprint density at radius 1 is 0.938 bits per heavy atom. The Morgan fingerprint density at radius 3 is 2.34 bits per heavy atom. The monoisotopic (exact) mass is 439 g/mol. The number of benzene rings is 2. The van der Waals surface area contributed by atoms with E-state index in [1.54, 1.807) is 14.2 Å². The number of methoxy groups -OCH3 is 2. The molecule has 1 fully saturated rings. The van der Waals surface area contributed by atoms with Gasteiger partial charge in [0.05, 0.1) is 20.8 Å². The minimum Gasteiger partial charge on any atom is -0.493 e. The van der Waals surface area contributed by atoms with E-state index in [2.05, 4.69) is 15.5 Å². The quantitative estimate of drug-likeness (QED) is 0.595. The third-order valence-corrected chi connectivity index (χ3v) is 5.74. The van der Waals surface area contributed by atoms with Crippen LogP contribution in [0.3, 0.4) is 0 Å². The zero-order chi connectivity index (χ0) is 22.8. The van der Waals surface area contributed by atoms with Crippen LogP contribution < -0.4 is 20.1 Å². The average Bonchev–Trinajstić information content (AvgIpc) is 2.83. The molecule has 0 aliphatic carbocycles. The van der Waals surface area contributed by atoms with Crippen molar-refractivity contribution >= 4 is 11.8 Å². The molecule has 0 spiro atoms. The third-order valence-electron chi connectivity index (χ3n) is 5.74. The van der Waals surface area contributed by atoms with Crippen LogP contribution in [0.2, 0.25) is 0 Å². The van der Waals surface area contributed by atoms with Crippen LogP contribution in [0.15, 0.2) is 48.5 Å². The Labute approximate surface area is 190 Å². The fourth-order valence-electron chi connectivity index (χ4n) is 3.89. The molecule has 1 saturated heterocycles. The van der Waals surface area contributed by atoms with E-state index in [9.17, 15) is 9.59 Å². The largest absolute Gasteiger partial charge is 0.493 e. The molecule has 0 unspecified atom stereocenters. The molecule has 2 aromatic carbocycles. The van der Waals surface area contributed by atoms with E-state index in [1.165, 1.54) is 5.56 Å².